The fourth-order valence-electron chi connectivity index (χ4n) is 1.74. The highest BCUT2D eigenvalue weighted by Crippen LogP contribution is 2.25. The van der Waals surface area contributed by atoms with Gasteiger partial charge in [-0.1, -0.05) is 23.9 Å². The molecule has 0 radical (unpaired) electrons. The Morgan fingerprint density at radius 2 is 2.32 bits per heavy atom. The molecule has 0 aliphatic rings. The predicted octanol–water partition coefficient (Wildman–Crippen LogP) is 0.895. The van der Waals surface area contributed by atoms with Crippen LogP contribution in [0.2, 0.25) is 0 Å². The number of hydrogen-bond acceptors (Lipinski definition) is 6. The number of hydrogen-bond donors (Lipinski definition) is 2. The molecule has 112 valence electrons. The number of rotatable bonds is 5. The maximum absolute atomic E-state index is 12.0. The Hall–Kier alpha value is -2.79. The molecule has 3 N–H and O–H groups in total. The number of H-pyrrole nitrogens is 1. The van der Waals surface area contributed by atoms with Crippen molar-refractivity contribution < 1.29 is 9.53 Å². The van der Waals surface area contributed by atoms with E-state index >= 15 is 0 Å². The van der Waals surface area contributed by atoms with E-state index in [0.717, 1.165) is 11.8 Å². The minimum Gasteiger partial charge on any atom is -0.497 e. The van der Waals surface area contributed by atoms with Crippen LogP contribution in [0, 0.1) is 11.3 Å². The first-order valence-electron chi connectivity index (χ1n) is 6.15. The molecule has 0 fully saturated rings. The van der Waals surface area contributed by atoms with Crippen LogP contribution in [0.4, 0.5) is 0 Å². The van der Waals surface area contributed by atoms with E-state index in [0.29, 0.717) is 11.3 Å². The molecule has 0 aliphatic carbocycles. The van der Waals surface area contributed by atoms with Gasteiger partial charge in [0, 0.05) is 5.56 Å². The lowest BCUT2D eigenvalue weighted by Crippen LogP contribution is -2.17. The highest BCUT2D eigenvalue weighted by molar-refractivity contribution is 7.99. The first-order chi connectivity index (χ1) is 10.5. The van der Waals surface area contributed by atoms with Crippen molar-refractivity contribution in [3.05, 3.63) is 40.2 Å². The van der Waals surface area contributed by atoms with Gasteiger partial charge in [-0.25, -0.2) is 4.98 Å². The van der Waals surface area contributed by atoms with Crippen molar-refractivity contribution in [1.82, 2.24) is 9.97 Å². The van der Waals surface area contributed by atoms with E-state index in [4.69, 9.17) is 10.5 Å². The monoisotopic (exact) mass is 316 g/mol. The molecule has 7 nitrogen and oxygen atoms in total. The van der Waals surface area contributed by atoms with E-state index in [1.165, 1.54) is 7.11 Å². The summed E-state index contributed by atoms with van der Waals surface area (Å²) in [6, 6.07) is 8.70. The van der Waals surface area contributed by atoms with Gasteiger partial charge in [0.25, 0.3) is 5.56 Å². The van der Waals surface area contributed by atoms with Crippen LogP contribution >= 0.6 is 11.8 Å². The third-order valence-electron chi connectivity index (χ3n) is 2.70. The zero-order valence-electron chi connectivity index (χ0n) is 11.6. The number of methoxy groups -OCH3 is 1. The van der Waals surface area contributed by atoms with Gasteiger partial charge in [-0.2, -0.15) is 5.26 Å². The van der Waals surface area contributed by atoms with Crippen LogP contribution in [-0.2, 0) is 4.79 Å². The first kappa shape index (κ1) is 15.6. The number of aromatic nitrogens is 2. The second-order valence-electron chi connectivity index (χ2n) is 4.19. The number of nitrogens with two attached hydrogens (primary N) is 1. The zero-order valence-corrected chi connectivity index (χ0v) is 12.4. The number of carbonyl (C=O) groups is 1. The second-order valence-corrected chi connectivity index (χ2v) is 5.16. The normalized spacial score (nSPS) is 10.0. The zero-order chi connectivity index (χ0) is 16.1. The van der Waals surface area contributed by atoms with Gasteiger partial charge in [-0.15, -0.1) is 0 Å². The number of aromatic amines is 1. The summed E-state index contributed by atoms with van der Waals surface area (Å²) in [4.78, 5) is 29.5. The fourth-order valence-corrected chi connectivity index (χ4v) is 2.34. The van der Waals surface area contributed by atoms with Gasteiger partial charge < -0.3 is 15.5 Å². The summed E-state index contributed by atoms with van der Waals surface area (Å²) < 4.78 is 5.13. The Balaban J connectivity index is 2.54. The molecule has 1 heterocycles. The Bertz CT molecular complexity index is 810. The minimum absolute atomic E-state index is 0.0214. The van der Waals surface area contributed by atoms with Crippen molar-refractivity contribution >= 4 is 17.7 Å². The van der Waals surface area contributed by atoms with Crippen molar-refractivity contribution in [2.75, 3.05) is 12.9 Å². The molecule has 0 unspecified atom stereocenters. The van der Waals surface area contributed by atoms with E-state index in [1.54, 1.807) is 24.3 Å². The standard InChI is InChI=1S/C14H12N4O3S/c1-21-9-4-2-3-8(5-9)12-10(6-15)13(20)18-14(17-12)22-7-11(16)19/h2-5H,7H2,1H3,(H2,16,19)(H,17,18,20). The topological polar surface area (TPSA) is 122 Å². The molecule has 2 aromatic rings. The molecular weight excluding hydrogens is 304 g/mol. The van der Waals surface area contributed by atoms with Crippen molar-refractivity contribution in [3.63, 3.8) is 0 Å². The number of primary amides is 1. The predicted molar refractivity (Wildman–Crippen MR) is 81.5 cm³/mol. The highest BCUT2D eigenvalue weighted by atomic mass is 32.2. The molecular formula is C14H12N4O3S. The lowest BCUT2D eigenvalue weighted by molar-refractivity contribution is -0.115. The Morgan fingerprint density at radius 3 is 2.95 bits per heavy atom. The summed E-state index contributed by atoms with van der Waals surface area (Å²) >= 11 is 0.999. The Labute approximate surface area is 130 Å². The van der Waals surface area contributed by atoms with Crippen molar-refractivity contribution in [2.24, 2.45) is 5.73 Å². The molecule has 1 aromatic carbocycles. The van der Waals surface area contributed by atoms with Gasteiger partial charge in [0.05, 0.1) is 18.6 Å². The summed E-state index contributed by atoms with van der Waals surface area (Å²) in [5, 5.41) is 9.40. The molecule has 0 spiro atoms. The number of carbonyl (C=O) groups excluding carboxylic acids is 1. The molecule has 1 amide bonds. The number of amides is 1. The molecule has 0 saturated carbocycles. The number of nitrogens with zero attached hydrogens (tertiary/aromatic N) is 2. The maximum atomic E-state index is 12.0. The minimum atomic E-state index is -0.567. The van der Waals surface area contributed by atoms with Gasteiger partial charge >= 0.3 is 0 Å². The van der Waals surface area contributed by atoms with Crippen LogP contribution in [0.5, 0.6) is 5.75 Å². The van der Waals surface area contributed by atoms with Gasteiger partial charge in [0.1, 0.15) is 17.4 Å². The molecule has 2 rings (SSSR count). The molecule has 0 bridgehead atoms. The largest absolute Gasteiger partial charge is 0.497 e. The second kappa shape index (κ2) is 6.78. The van der Waals surface area contributed by atoms with E-state index in [2.05, 4.69) is 9.97 Å². The number of ether oxygens (including phenoxy) is 1. The molecule has 0 atom stereocenters. The van der Waals surface area contributed by atoms with Crippen LogP contribution in [0.3, 0.4) is 0 Å². The average molecular weight is 316 g/mol. The van der Waals surface area contributed by atoms with Crippen LogP contribution in [0.15, 0.2) is 34.2 Å². The molecule has 22 heavy (non-hydrogen) atoms. The summed E-state index contributed by atoms with van der Waals surface area (Å²) in [7, 11) is 1.52. The van der Waals surface area contributed by atoms with Crippen LogP contribution in [-0.4, -0.2) is 28.7 Å². The fraction of sp³-hybridized carbons (Fsp3) is 0.143. The molecule has 8 heteroatoms. The smallest absolute Gasteiger partial charge is 0.270 e. The van der Waals surface area contributed by atoms with Crippen LogP contribution in [0.1, 0.15) is 5.56 Å². The summed E-state index contributed by atoms with van der Waals surface area (Å²) in [6.45, 7) is 0. The van der Waals surface area contributed by atoms with Crippen LogP contribution in [0.25, 0.3) is 11.3 Å². The van der Waals surface area contributed by atoms with Gasteiger partial charge in [0.15, 0.2) is 5.16 Å². The van der Waals surface area contributed by atoms with Gasteiger partial charge in [-0.3, -0.25) is 9.59 Å². The van der Waals surface area contributed by atoms with Gasteiger partial charge in [0.2, 0.25) is 5.91 Å². The van der Waals surface area contributed by atoms with Crippen molar-refractivity contribution in [2.45, 2.75) is 5.16 Å². The van der Waals surface area contributed by atoms with Crippen molar-refractivity contribution in [3.8, 4) is 23.1 Å². The van der Waals surface area contributed by atoms with E-state index < -0.39 is 11.5 Å². The lowest BCUT2D eigenvalue weighted by Gasteiger charge is -2.07. The molecule has 1 aromatic heterocycles. The van der Waals surface area contributed by atoms with E-state index in [9.17, 15) is 14.9 Å². The number of thioether (sulfide) groups is 1. The molecule has 0 saturated heterocycles. The van der Waals surface area contributed by atoms with Gasteiger partial charge in [-0.05, 0) is 12.1 Å². The third kappa shape index (κ3) is 3.45. The number of benzene rings is 1. The highest BCUT2D eigenvalue weighted by Gasteiger charge is 2.14. The quantitative estimate of drug-likeness (QED) is 0.624. The molecule has 0 aliphatic heterocycles. The average Bonchev–Trinajstić information content (AvgIpc) is 2.52. The summed E-state index contributed by atoms with van der Waals surface area (Å²) in [5.41, 5.74) is 5.21. The Kier molecular flexibility index (Phi) is 4.80. The van der Waals surface area contributed by atoms with Crippen LogP contribution < -0.4 is 16.0 Å². The first-order valence-corrected chi connectivity index (χ1v) is 7.13. The summed E-state index contributed by atoms with van der Waals surface area (Å²) in [5.74, 6) is 0.0293. The number of nitrogens with one attached hydrogen (secondary N) is 1. The van der Waals surface area contributed by atoms with E-state index in [-0.39, 0.29) is 22.2 Å². The number of nitriles is 1. The summed E-state index contributed by atoms with van der Waals surface area (Å²) in [6.07, 6.45) is 0. The SMILES string of the molecule is COc1cccc(-c2nc(SCC(N)=O)[nH]c(=O)c2C#N)c1. The third-order valence-corrected chi connectivity index (χ3v) is 3.60. The lowest BCUT2D eigenvalue weighted by atomic mass is 10.1. The Morgan fingerprint density at radius 1 is 1.55 bits per heavy atom. The van der Waals surface area contributed by atoms with Crippen molar-refractivity contribution in [1.29, 1.82) is 5.26 Å². The van der Waals surface area contributed by atoms with E-state index in [1.807, 2.05) is 6.07 Å². The maximum Gasteiger partial charge on any atom is 0.270 e.